The molecule has 86 valence electrons. The van der Waals surface area contributed by atoms with Crippen LogP contribution in [0.3, 0.4) is 0 Å². The predicted molar refractivity (Wildman–Crippen MR) is 51.0 cm³/mol. The van der Waals surface area contributed by atoms with Crippen LogP contribution in [0.5, 0.6) is 0 Å². The topological polar surface area (TPSA) is 29.3 Å². The highest BCUT2D eigenvalue weighted by Gasteiger charge is 2.26. The fourth-order valence-electron chi connectivity index (χ4n) is 0.988. The normalized spacial score (nSPS) is 14.8. The van der Waals surface area contributed by atoms with Crippen molar-refractivity contribution in [2.45, 2.75) is 25.9 Å². The summed E-state index contributed by atoms with van der Waals surface area (Å²) < 4.78 is 35.5. The van der Waals surface area contributed by atoms with Crippen molar-refractivity contribution in [2.75, 3.05) is 26.7 Å². The second kappa shape index (κ2) is 6.24. The van der Waals surface area contributed by atoms with Gasteiger partial charge in [0.05, 0.1) is 6.42 Å². The number of alkyl halides is 3. The Hall–Kier alpha value is -0.290. The van der Waals surface area contributed by atoms with Gasteiger partial charge in [-0.05, 0) is 32.5 Å². The van der Waals surface area contributed by atoms with E-state index in [0.29, 0.717) is 19.0 Å². The second-order valence-electron chi connectivity index (χ2n) is 3.80. The molecule has 0 spiro atoms. The maximum atomic E-state index is 11.8. The molecule has 0 amide bonds. The molecule has 0 saturated heterocycles. The first-order chi connectivity index (χ1) is 6.35. The molecule has 0 aromatic carbocycles. The lowest BCUT2D eigenvalue weighted by Gasteiger charge is -2.19. The third-order valence-corrected chi connectivity index (χ3v) is 2.18. The molecule has 5 heteroatoms. The Morgan fingerprint density at radius 3 is 2.29 bits per heavy atom. The van der Waals surface area contributed by atoms with Gasteiger partial charge in [0, 0.05) is 6.54 Å². The SMILES string of the molecule is CC(CN)CCN(C)CCC(F)(F)F. The van der Waals surface area contributed by atoms with Crippen molar-refractivity contribution in [1.82, 2.24) is 4.90 Å². The third kappa shape index (κ3) is 8.31. The lowest BCUT2D eigenvalue weighted by Crippen LogP contribution is -2.27. The summed E-state index contributed by atoms with van der Waals surface area (Å²) in [5, 5.41) is 0. The molecule has 0 saturated carbocycles. The molecule has 0 heterocycles. The minimum absolute atomic E-state index is 0.0702. The molecule has 1 unspecified atom stereocenters. The second-order valence-corrected chi connectivity index (χ2v) is 3.80. The summed E-state index contributed by atoms with van der Waals surface area (Å²) in [4.78, 5) is 1.69. The van der Waals surface area contributed by atoms with Crippen molar-refractivity contribution in [3.8, 4) is 0 Å². The third-order valence-electron chi connectivity index (χ3n) is 2.18. The largest absolute Gasteiger partial charge is 0.390 e. The van der Waals surface area contributed by atoms with Crippen LogP contribution in [0.4, 0.5) is 13.2 Å². The Morgan fingerprint density at radius 2 is 1.86 bits per heavy atom. The van der Waals surface area contributed by atoms with E-state index in [2.05, 4.69) is 0 Å². The number of hydrogen-bond donors (Lipinski definition) is 1. The first kappa shape index (κ1) is 13.7. The van der Waals surface area contributed by atoms with E-state index in [1.54, 1.807) is 11.9 Å². The van der Waals surface area contributed by atoms with Gasteiger partial charge in [-0.3, -0.25) is 0 Å². The van der Waals surface area contributed by atoms with Crippen LogP contribution < -0.4 is 5.73 Å². The van der Waals surface area contributed by atoms with Crippen molar-refractivity contribution in [3.63, 3.8) is 0 Å². The minimum Gasteiger partial charge on any atom is -0.330 e. The minimum atomic E-state index is -4.05. The average Bonchev–Trinajstić information content (AvgIpc) is 2.09. The molecule has 0 fully saturated rings. The van der Waals surface area contributed by atoms with Crippen LogP contribution in [0, 0.1) is 5.92 Å². The molecule has 1 atom stereocenters. The molecule has 0 aliphatic carbocycles. The van der Waals surface area contributed by atoms with Crippen LogP contribution in [0.25, 0.3) is 0 Å². The van der Waals surface area contributed by atoms with Gasteiger partial charge in [0.25, 0.3) is 0 Å². The first-order valence-corrected chi connectivity index (χ1v) is 4.80. The zero-order valence-electron chi connectivity index (χ0n) is 8.77. The van der Waals surface area contributed by atoms with E-state index in [4.69, 9.17) is 5.73 Å². The summed E-state index contributed by atoms with van der Waals surface area (Å²) in [6.45, 7) is 3.33. The summed E-state index contributed by atoms with van der Waals surface area (Å²) in [6, 6.07) is 0. The molecule has 0 aromatic rings. The molecule has 0 bridgehead atoms. The highest BCUT2D eigenvalue weighted by atomic mass is 19.4. The maximum absolute atomic E-state index is 11.8. The average molecular weight is 212 g/mol. The summed E-state index contributed by atoms with van der Waals surface area (Å²) in [5.41, 5.74) is 5.40. The van der Waals surface area contributed by atoms with E-state index in [0.717, 1.165) is 6.42 Å². The molecule has 0 rings (SSSR count). The summed E-state index contributed by atoms with van der Waals surface area (Å²) >= 11 is 0. The fraction of sp³-hybridized carbons (Fsp3) is 1.00. The van der Waals surface area contributed by atoms with Gasteiger partial charge in [-0.25, -0.2) is 0 Å². The van der Waals surface area contributed by atoms with E-state index < -0.39 is 12.6 Å². The molecule has 2 N–H and O–H groups in total. The van der Waals surface area contributed by atoms with Gasteiger partial charge in [-0.15, -0.1) is 0 Å². The zero-order valence-corrected chi connectivity index (χ0v) is 8.77. The monoisotopic (exact) mass is 212 g/mol. The van der Waals surface area contributed by atoms with Crippen LogP contribution in [-0.2, 0) is 0 Å². The summed E-state index contributed by atoms with van der Waals surface area (Å²) in [6.07, 6.45) is -3.93. The van der Waals surface area contributed by atoms with E-state index in [1.165, 1.54) is 0 Å². The molecule has 0 radical (unpaired) electrons. The predicted octanol–water partition coefficient (Wildman–Crippen LogP) is 1.86. The van der Waals surface area contributed by atoms with Crippen molar-refractivity contribution in [3.05, 3.63) is 0 Å². The van der Waals surface area contributed by atoms with Crippen LogP contribution >= 0.6 is 0 Å². The highest BCUT2D eigenvalue weighted by molar-refractivity contribution is 4.60. The van der Waals surface area contributed by atoms with Gasteiger partial charge in [0.2, 0.25) is 0 Å². The number of hydrogen-bond acceptors (Lipinski definition) is 2. The van der Waals surface area contributed by atoms with Gasteiger partial charge in [-0.1, -0.05) is 6.92 Å². The van der Waals surface area contributed by atoms with Crippen LogP contribution in [0.15, 0.2) is 0 Å². The van der Waals surface area contributed by atoms with Gasteiger partial charge >= 0.3 is 6.18 Å². The van der Waals surface area contributed by atoms with Crippen LogP contribution in [-0.4, -0.2) is 37.8 Å². The number of rotatable bonds is 6. The highest BCUT2D eigenvalue weighted by Crippen LogP contribution is 2.19. The van der Waals surface area contributed by atoms with E-state index in [1.807, 2.05) is 6.92 Å². The number of halogens is 3. The standard InChI is InChI=1S/C9H19F3N2/c1-8(7-13)3-5-14(2)6-4-9(10,11)12/h8H,3-7,13H2,1-2H3. The Kier molecular flexibility index (Phi) is 6.11. The summed E-state index contributed by atoms with van der Waals surface area (Å²) in [7, 11) is 1.70. The van der Waals surface area contributed by atoms with Gasteiger partial charge in [-0.2, -0.15) is 13.2 Å². The van der Waals surface area contributed by atoms with Crippen LogP contribution in [0.1, 0.15) is 19.8 Å². The van der Waals surface area contributed by atoms with Gasteiger partial charge in [0.1, 0.15) is 0 Å². The Bertz CT molecular complexity index is 147. The lowest BCUT2D eigenvalue weighted by molar-refractivity contribution is -0.137. The molecular formula is C9H19F3N2. The van der Waals surface area contributed by atoms with Crippen molar-refractivity contribution < 1.29 is 13.2 Å². The smallest absolute Gasteiger partial charge is 0.330 e. The Labute approximate surface area is 83.3 Å². The van der Waals surface area contributed by atoms with Crippen molar-refractivity contribution in [2.24, 2.45) is 11.7 Å². The van der Waals surface area contributed by atoms with E-state index in [-0.39, 0.29) is 6.54 Å². The van der Waals surface area contributed by atoms with Gasteiger partial charge < -0.3 is 10.6 Å². The maximum Gasteiger partial charge on any atom is 0.390 e. The number of nitrogens with zero attached hydrogens (tertiary/aromatic N) is 1. The number of nitrogens with two attached hydrogens (primary N) is 1. The van der Waals surface area contributed by atoms with Crippen molar-refractivity contribution >= 4 is 0 Å². The van der Waals surface area contributed by atoms with Gasteiger partial charge in [0.15, 0.2) is 0 Å². The Morgan fingerprint density at radius 1 is 1.29 bits per heavy atom. The first-order valence-electron chi connectivity index (χ1n) is 4.80. The molecule has 14 heavy (non-hydrogen) atoms. The molecule has 0 aliphatic rings. The molecule has 0 aliphatic heterocycles. The van der Waals surface area contributed by atoms with E-state index in [9.17, 15) is 13.2 Å². The van der Waals surface area contributed by atoms with E-state index >= 15 is 0 Å². The Balaban J connectivity index is 3.51. The molecule has 2 nitrogen and oxygen atoms in total. The van der Waals surface area contributed by atoms with Crippen molar-refractivity contribution in [1.29, 1.82) is 0 Å². The lowest BCUT2D eigenvalue weighted by atomic mass is 10.1. The molecule has 0 aromatic heterocycles. The van der Waals surface area contributed by atoms with Crippen LogP contribution in [0.2, 0.25) is 0 Å². The fourth-order valence-corrected chi connectivity index (χ4v) is 0.988. The molecular weight excluding hydrogens is 193 g/mol. The quantitative estimate of drug-likeness (QED) is 0.728. The summed E-state index contributed by atoms with van der Waals surface area (Å²) in [5.74, 6) is 0.378. The zero-order chi connectivity index (χ0) is 11.2.